The van der Waals surface area contributed by atoms with Crippen molar-refractivity contribution in [2.45, 2.75) is 30.3 Å². The normalized spacial score (nSPS) is 23.9. The first-order valence-electron chi connectivity index (χ1n) is 6.65. The molecule has 20 heavy (non-hydrogen) atoms. The van der Waals surface area contributed by atoms with E-state index >= 15 is 0 Å². The number of benzene rings is 1. The van der Waals surface area contributed by atoms with E-state index in [1.807, 2.05) is 0 Å². The number of hydrogen-bond donors (Lipinski definition) is 1. The summed E-state index contributed by atoms with van der Waals surface area (Å²) in [4.78, 5) is 2.42. The minimum atomic E-state index is -3.22. The van der Waals surface area contributed by atoms with Crippen molar-refractivity contribution in [3.63, 3.8) is 0 Å². The molecule has 1 aliphatic rings. The van der Waals surface area contributed by atoms with Gasteiger partial charge in [-0.15, -0.1) is 0 Å². The molecule has 0 spiro atoms. The van der Waals surface area contributed by atoms with E-state index in [-0.39, 0.29) is 10.5 Å². The highest BCUT2D eigenvalue weighted by atomic mass is 32.2. The highest BCUT2D eigenvalue weighted by Crippen LogP contribution is 2.32. The molecular weight excluding hydrogens is 276 g/mol. The summed E-state index contributed by atoms with van der Waals surface area (Å²) in [6.45, 7) is 3.74. The van der Waals surface area contributed by atoms with Crippen LogP contribution >= 0.6 is 0 Å². The van der Waals surface area contributed by atoms with E-state index in [0.29, 0.717) is 5.69 Å². The molecule has 6 heteroatoms. The molecule has 1 saturated heterocycles. The van der Waals surface area contributed by atoms with Crippen LogP contribution < -0.4 is 10.6 Å². The number of nitrogens with two attached hydrogens (primary N) is 1. The average Bonchev–Trinajstić information content (AvgIpc) is 2.37. The zero-order chi connectivity index (χ0) is 15.0. The molecule has 0 bridgehead atoms. The van der Waals surface area contributed by atoms with Gasteiger partial charge in [0.1, 0.15) is 0 Å². The van der Waals surface area contributed by atoms with Gasteiger partial charge in [0.15, 0.2) is 9.84 Å². The van der Waals surface area contributed by atoms with Crippen molar-refractivity contribution < 1.29 is 13.2 Å². The van der Waals surface area contributed by atoms with E-state index in [1.54, 1.807) is 19.2 Å². The quantitative estimate of drug-likeness (QED) is 0.860. The molecule has 0 radical (unpaired) electrons. The second-order valence-corrected chi connectivity index (χ2v) is 7.69. The number of methoxy groups -OCH3 is 1. The summed E-state index contributed by atoms with van der Waals surface area (Å²) in [5.41, 5.74) is 7.22. The number of sulfone groups is 1. The summed E-state index contributed by atoms with van der Waals surface area (Å²) in [6, 6.07) is 4.93. The van der Waals surface area contributed by atoms with Gasteiger partial charge in [-0.1, -0.05) is 0 Å². The lowest BCUT2D eigenvalue weighted by Crippen LogP contribution is -2.47. The Bertz CT molecular complexity index is 600. The Labute approximate surface area is 120 Å². The fourth-order valence-electron chi connectivity index (χ4n) is 2.63. The third-order valence-corrected chi connectivity index (χ3v) is 5.03. The summed E-state index contributed by atoms with van der Waals surface area (Å²) >= 11 is 0. The number of piperidine rings is 1. The van der Waals surface area contributed by atoms with Crippen LogP contribution in [-0.2, 0) is 14.6 Å². The largest absolute Gasteiger partial charge is 0.397 e. The van der Waals surface area contributed by atoms with Crippen molar-refractivity contribution in [1.29, 1.82) is 0 Å². The molecule has 1 unspecified atom stereocenters. The molecule has 1 fully saturated rings. The van der Waals surface area contributed by atoms with Crippen molar-refractivity contribution in [1.82, 2.24) is 0 Å². The number of ether oxygens (including phenoxy) is 1. The molecule has 5 nitrogen and oxygen atoms in total. The maximum Gasteiger partial charge on any atom is 0.175 e. The van der Waals surface area contributed by atoms with Crippen LogP contribution in [0.15, 0.2) is 23.1 Å². The third kappa shape index (κ3) is 3.07. The van der Waals surface area contributed by atoms with Gasteiger partial charge in [0.2, 0.25) is 0 Å². The molecule has 1 aliphatic heterocycles. The van der Waals surface area contributed by atoms with E-state index in [4.69, 9.17) is 10.5 Å². The Balaban J connectivity index is 2.30. The van der Waals surface area contributed by atoms with Crippen molar-refractivity contribution in [2.24, 2.45) is 0 Å². The molecule has 0 aliphatic carbocycles. The summed E-state index contributed by atoms with van der Waals surface area (Å²) in [7, 11) is -1.50. The number of nitrogen functional groups attached to an aromatic ring is 1. The van der Waals surface area contributed by atoms with Gasteiger partial charge in [0.25, 0.3) is 0 Å². The minimum Gasteiger partial charge on any atom is -0.397 e. The van der Waals surface area contributed by atoms with Gasteiger partial charge in [-0.2, -0.15) is 0 Å². The predicted octanol–water partition coefficient (Wildman–Crippen LogP) is 1.68. The van der Waals surface area contributed by atoms with Gasteiger partial charge in [-0.25, -0.2) is 8.42 Å². The standard InChI is InChI=1S/C14H22N2O3S/c1-14(19-2)7-4-8-16(10-14)13-6-5-11(9-12(13)15)20(3,17)18/h5-6,9H,4,7-8,10,15H2,1-3H3. The number of nitrogens with zero attached hydrogens (tertiary/aromatic N) is 1. The van der Waals surface area contributed by atoms with Crippen LogP contribution in [0.4, 0.5) is 11.4 Å². The third-order valence-electron chi connectivity index (χ3n) is 3.92. The van der Waals surface area contributed by atoms with Crippen LogP contribution in [0.2, 0.25) is 0 Å². The van der Waals surface area contributed by atoms with Crippen LogP contribution in [-0.4, -0.2) is 40.5 Å². The lowest BCUT2D eigenvalue weighted by Gasteiger charge is -2.41. The first kappa shape index (κ1) is 15.1. The Hall–Kier alpha value is -1.27. The van der Waals surface area contributed by atoms with E-state index < -0.39 is 9.84 Å². The molecule has 1 atom stereocenters. The van der Waals surface area contributed by atoms with E-state index in [2.05, 4.69) is 11.8 Å². The maximum atomic E-state index is 11.5. The van der Waals surface area contributed by atoms with Gasteiger partial charge in [0.05, 0.1) is 21.9 Å². The maximum absolute atomic E-state index is 11.5. The van der Waals surface area contributed by atoms with Crippen molar-refractivity contribution in [3.8, 4) is 0 Å². The van der Waals surface area contributed by atoms with Gasteiger partial charge in [-0.3, -0.25) is 0 Å². The molecular formula is C14H22N2O3S. The molecule has 0 amide bonds. The minimum absolute atomic E-state index is 0.180. The Kier molecular flexibility index (Phi) is 3.97. The predicted molar refractivity (Wildman–Crippen MR) is 80.8 cm³/mol. The van der Waals surface area contributed by atoms with Crippen LogP contribution in [0.3, 0.4) is 0 Å². The van der Waals surface area contributed by atoms with Gasteiger partial charge in [-0.05, 0) is 38.0 Å². The number of anilines is 2. The van der Waals surface area contributed by atoms with Crippen LogP contribution in [0.5, 0.6) is 0 Å². The molecule has 2 rings (SSSR count). The monoisotopic (exact) mass is 298 g/mol. The molecule has 0 saturated carbocycles. The van der Waals surface area contributed by atoms with Crippen LogP contribution in [0.25, 0.3) is 0 Å². The highest BCUT2D eigenvalue weighted by Gasteiger charge is 2.31. The van der Waals surface area contributed by atoms with E-state index in [0.717, 1.165) is 31.6 Å². The molecule has 112 valence electrons. The number of rotatable bonds is 3. The first-order valence-corrected chi connectivity index (χ1v) is 8.54. The van der Waals surface area contributed by atoms with Gasteiger partial charge in [0, 0.05) is 26.5 Å². The van der Waals surface area contributed by atoms with Gasteiger partial charge < -0.3 is 15.4 Å². The van der Waals surface area contributed by atoms with Crippen molar-refractivity contribution in [2.75, 3.05) is 37.1 Å². The zero-order valence-electron chi connectivity index (χ0n) is 12.2. The molecule has 1 aromatic rings. The van der Waals surface area contributed by atoms with Crippen molar-refractivity contribution >= 4 is 21.2 Å². The molecule has 0 aromatic heterocycles. The van der Waals surface area contributed by atoms with Gasteiger partial charge >= 0.3 is 0 Å². The number of hydrogen-bond acceptors (Lipinski definition) is 5. The SMILES string of the molecule is COC1(C)CCCN(c2ccc(S(C)(=O)=O)cc2N)C1. The topological polar surface area (TPSA) is 72.6 Å². The summed E-state index contributed by atoms with van der Waals surface area (Å²) in [5, 5.41) is 0. The average molecular weight is 298 g/mol. The zero-order valence-corrected chi connectivity index (χ0v) is 13.0. The summed E-state index contributed by atoms with van der Waals surface area (Å²) < 4.78 is 28.6. The fraction of sp³-hybridized carbons (Fsp3) is 0.571. The highest BCUT2D eigenvalue weighted by molar-refractivity contribution is 7.90. The summed E-state index contributed by atoms with van der Waals surface area (Å²) in [5.74, 6) is 0. The smallest absolute Gasteiger partial charge is 0.175 e. The van der Waals surface area contributed by atoms with Crippen molar-refractivity contribution in [3.05, 3.63) is 18.2 Å². The van der Waals surface area contributed by atoms with Crippen LogP contribution in [0, 0.1) is 0 Å². The van der Waals surface area contributed by atoms with Crippen LogP contribution in [0.1, 0.15) is 19.8 Å². The Morgan fingerprint density at radius 1 is 1.40 bits per heavy atom. The lowest BCUT2D eigenvalue weighted by atomic mass is 9.94. The lowest BCUT2D eigenvalue weighted by molar-refractivity contribution is -0.00462. The first-order chi connectivity index (χ1) is 9.25. The molecule has 2 N–H and O–H groups in total. The summed E-state index contributed by atoms with van der Waals surface area (Å²) in [6.07, 6.45) is 3.23. The second kappa shape index (κ2) is 5.26. The Morgan fingerprint density at radius 3 is 2.65 bits per heavy atom. The van der Waals surface area contributed by atoms with E-state index in [1.165, 1.54) is 12.3 Å². The molecule has 1 heterocycles. The fourth-order valence-corrected chi connectivity index (χ4v) is 3.29. The molecule has 1 aromatic carbocycles. The Morgan fingerprint density at radius 2 is 2.10 bits per heavy atom. The van der Waals surface area contributed by atoms with E-state index in [9.17, 15) is 8.42 Å². The second-order valence-electron chi connectivity index (χ2n) is 5.67.